The van der Waals surface area contributed by atoms with Gasteiger partial charge in [-0.2, -0.15) is 5.10 Å². The molecule has 3 aromatic rings. The minimum atomic E-state index is -0.218. The summed E-state index contributed by atoms with van der Waals surface area (Å²) in [4.78, 5) is 12.4. The van der Waals surface area contributed by atoms with E-state index < -0.39 is 0 Å². The van der Waals surface area contributed by atoms with Crippen LogP contribution in [0.25, 0.3) is 11.5 Å². The fraction of sp³-hybridized carbons (Fsp3) is 0.333. The highest BCUT2D eigenvalue weighted by Crippen LogP contribution is 2.16. The third-order valence-corrected chi connectivity index (χ3v) is 3.67. The Bertz CT molecular complexity index is 851. The van der Waals surface area contributed by atoms with Gasteiger partial charge in [0, 0.05) is 12.6 Å². The van der Waals surface area contributed by atoms with Crippen LogP contribution in [0.5, 0.6) is 0 Å². The van der Waals surface area contributed by atoms with Gasteiger partial charge in [-0.15, -0.1) is 10.2 Å². The van der Waals surface area contributed by atoms with Gasteiger partial charge in [0.25, 0.3) is 5.91 Å². The standard InChI is InChI=1S/C18H21N5O2/c1-12(2)9-14-10-15(23(3)22-14)17(24)19-11-16-20-21-18(25-16)13-7-5-4-6-8-13/h4-8,10,12H,9,11H2,1-3H3,(H,19,24). The summed E-state index contributed by atoms with van der Waals surface area (Å²) in [7, 11) is 1.76. The summed E-state index contributed by atoms with van der Waals surface area (Å²) >= 11 is 0. The van der Waals surface area contributed by atoms with E-state index in [1.54, 1.807) is 11.7 Å². The number of amides is 1. The Morgan fingerprint density at radius 2 is 2.00 bits per heavy atom. The van der Waals surface area contributed by atoms with Gasteiger partial charge in [-0.05, 0) is 30.5 Å². The van der Waals surface area contributed by atoms with Crippen molar-refractivity contribution in [1.82, 2.24) is 25.3 Å². The fourth-order valence-corrected chi connectivity index (χ4v) is 2.53. The van der Waals surface area contributed by atoms with Crippen LogP contribution in [0, 0.1) is 5.92 Å². The van der Waals surface area contributed by atoms with Gasteiger partial charge in [0.1, 0.15) is 5.69 Å². The number of carbonyl (C=O) groups is 1. The van der Waals surface area contributed by atoms with Crippen LogP contribution in [0.15, 0.2) is 40.8 Å². The largest absolute Gasteiger partial charge is 0.419 e. The Labute approximate surface area is 146 Å². The van der Waals surface area contributed by atoms with Gasteiger partial charge in [-0.1, -0.05) is 32.0 Å². The number of benzene rings is 1. The first kappa shape index (κ1) is 16.9. The smallest absolute Gasteiger partial charge is 0.269 e. The van der Waals surface area contributed by atoms with Crippen molar-refractivity contribution >= 4 is 5.91 Å². The van der Waals surface area contributed by atoms with Crippen LogP contribution in [0.2, 0.25) is 0 Å². The minimum absolute atomic E-state index is 0.170. The molecule has 0 aliphatic carbocycles. The van der Waals surface area contributed by atoms with E-state index in [2.05, 4.69) is 34.5 Å². The summed E-state index contributed by atoms with van der Waals surface area (Å²) in [6, 6.07) is 11.3. The van der Waals surface area contributed by atoms with E-state index >= 15 is 0 Å². The van der Waals surface area contributed by atoms with E-state index in [-0.39, 0.29) is 12.5 Å². The topological polar surface area (TPSA) is 85.8 Å². The van der Waals surface area contributed by atoms with Crippen LogP contribution < -0.4 is 5.32 Å². The fourth-order valence-electron chi connectivity index (χ4n) is 2.53. The number of hydrogen-bond donors (Lipinski definition) is 1. The lowest BCUT2D eigenvalue weighted by atomic mass is 10.1. The van der Waals surface area contributed by atoms with Crippen molar-refractivity contribution in [2.45, 2.75) is 26.8 Å². The first-order valence-corrected chi connectivity index (χ1v) is 8.22. The third kappa shape index (κ3) is 4.12. The van der Waals surface area contributed by atoms with Crippen molar-refractivity contribution in [1.29, 1.82) is 0 Å². The molecular weight excluding hydrogens is 318 g/mol. The molecule has 0 radical (unpaired) electrons. The number of hydrogen-bond acceptors (Lipinski definition) is 5. The highest BCUT2D eigenvalue weighted by Gasteiger charge is 2.15. The van der Waals surface area contributed by atoms with Gasteiger partial charge >= 0.3 is 0 Å². The van der Waals surface area contributed by atoms with E-state index in [1.165, 1.54) is 0 Å². The van der Waals surface area contributed by atoms with Gasteiger partial charge in [0.15, 0.2) is 0 Å². The molecule has 3 rings (SSSR count). The van der Waals surface area contributed by atoms with E-state index in [9.17, 15) is 4.79 Å². The minimum Gasteiger partial charge on any atom is -0.419 e. The van der Waals surface area contributed by atoms with E-state index in [4.69, 9.17) is 4.42 Å². The van der Waals surface area contributed by atoms with Gasteiger partial charge in [0.05, 0.1) is 12.2 Å². The second-order valence-electron chi connectivity index (χ2n) is 6.29. The predicted molar refractivity (Wildman–Crippen MR) is 92.7 cm³/mol. The second-order valence-corrected chi connectivity index (χ2v) is 6.29. The number of nitrogens with one attached hydrogen (secondary N) is 1. The Balaban J connectivity index is 1.63. The quantitative estimate of drug-likeness (QED) is 0.746. The van der Waals surface area contributed by atoms with Gasteiger partial charge in [-0.3, -0.25) is 9.48 Å². The molecule has 1 N–H and O–H groups in total. The molecule has 0 aliphatic heterocycles. The summed E-state index contributed by atoms with van der Waals surface area (Å²) in [5, 5.41) is 15.1. The molecule has 0 atom stereocenters. The highest BCUT2D eigenvalue weighted by atomic mass is 16.4. The average Bonchev–Trinajstić information content (AvgIpc) is 3.20. The maximum atomic E-state index is 12.4. The van der Waals surface area contributed by atoms with Crippen molar-refractivity contribution in [3.63, 3.8) is 0 Å². The van der Waals surface area contributed by atoms with E-state index in [0.29, 0.717) is 23.4 Å². The van der Waals surface area contributed by atoms with Crippen LogP contribution in [-0.2, 0) is 20.0 Å². The number of aromatic nitrogens is 4. The Kier molecular flexibility index (Phi) is 4.92. The molecule has 130 valence electrons. The molecular formula is C18H21N5O2. The van der Waals surface area contributed by atoms with Crippen LogP contribution in [0.3, 0.4) is 0 Å². The lowest BCUT2D eigenvalue weighted by Crippen LogP contribution is -2.25. The highest BCUT2D eigenvalue weighted by molar-refractivity contribution is 5.92. The summed E-state index contributed by atoms with van der Waals surface area (Å²) < 4.78 is 7.18. The lowest BCUT2D eigenvalue weighted by molar-refractivity contribution is 0.0938. The molecule has 0 fully saturated rings. The van der Waals surface area contributed by atoms with Crippen LogP contribution >= 0.6 is 0 Å². The number of carbonyl (C=O) groups excluding carboxylic acids is 1. The summed E-state index contributed by atoms with van der Waals surface area (Å²) in [5.74, 6) is 1.06. The molecule has 2 heterocycles. The summed E-state index contributed by atoms with van der Waals surface area (Å²) in [6.45, 7) is 4.41. The zero-order chi connectivity index (χ0) is 17.8. The van der Waals surface area contributed by atoms with Crippen LogP contribution in [-0.4, -0.2) is 25.9 Å². The molecule has 0 unspecified atom stereocenters. The van der Waals surface area contributed by atoms with Crippen LogP contribution in [0.1, 0.15) is 35.9 Å². The van der Waals surface area contributed by atoms with E-state index in [0.717, 1.165) is 17.7 Å². The third-order valence-electron chi connectivity index (χ3n) is 3.67. The SMILES string of the molecule is CC(C)Cc1cc(C(=O)NCc2nnc(-c3ccccc3)o2)n(C)n1. The Hall–Kier alpha value is -2.96. The van der Waals surface area contributed by atoms with Crippen molar-refractivity contribution in [3.8, 4) is 11.5 Å². The molecule has 7 nitrogen and oxygen atoms in total. The van der Waals surface area contributed by atoms with E-state index in [1.807, 2.05) is 36.4 Å². The van der Waals surface area contributed by atoms with Gasteiger partial charge in [-0.25, -0.2) is 0 Å². The first-order chi connectivity index (χ1) is 12.0. The number of rotatable bonds is 6. The van der Waals surface area contributed by atoms with Crippen molar-refractivity contribution < 1.29 is 9.21 Å². The van der Waals surface area contributed by atoms with Crippen LogP contribution in [0.4, 0.5) is 0 Å². The summed E-state index contributed by atoms with van der Waals surface area (Å²) in [5.41, 5.74) is 2.27. The maximum Gasteiger partial charge on any atom is 0.269 e. The maximum absolute atomic E-state index is 12.4. The summed E-state index contributed by atoms with van der Waals surface area (Å²) in [6.07, 6.45) is 0.839. The van der Waals surface area contributed by atoms with Crippen molar-refractivity contribution in [3.05, 3.63) is 53.7 Å². The Morgan fingerprint density at radius 1 is 1.24 bits per heavy atom. The second kappa shape index (κ2) is 7.29. The first-order valence-electron chi connectivity index (χ1n) is 8.22. The lowest BCUT2D eigenvalue weighted by Gasteiger charge is -2.02. The molecule has 1 amide bonds. The molecule has 1 aromatic carbocycles. The average molecular weight is 339 g/mol. The normalized spacial score (nSPS) is 11.0. The van der Waals surface area contributed by atoms with Crippen molar-refractivity contribution in [2.75, 3.05) is 0 Å². The van der Waals surface area contributed by atoms with Gasteiger partial charge < -0.3 is 9.73 Å². The molecule has 0 saturated heterocycles. The molecule has 7 heteroatoms. The molecule has 25 heavy (non-hydrogen) atoms. The molecule has 0 spiro atoms. The molecule has 2 aromatic heterocycles. The molecule has 0 saturated carbocycles. The zero-order valence-corrected chi connectivity index (χ0v) is 14.6. The Morgan fingerprint density at radius 3 is 2.72 bits per heavy atom. The van der Waals surface area contributed by atoms with Gasteiger partial charge in [0.2, 0.25) is 11.8 Å². The number of nitrogens with zero attached hydrogens (tertiary/aromatic N) is 4. The number of aryl methyl sites for hydroxylation is 1. The van der Waals surface area contributed by atoms with Crippen molar-refractivity contribution in [2.24, 2.45) is 13.0 Å². The predicted octanol–water partition coefficient (Wildman–Crippen LogP) is 2.60. The molecule has 0 bridgehead atoms. The zero-order valence-electron chi connectivity index (χ0n) is 14.6. The monoisotopic (exact) mass is 339 g/mol. The molecule has 0 aliphatic rings.